The SMILES string of the molecule is CC(=O)NC(CNC(=O)[C@@H]1CCCN(C(=O)CCC2CCNCC2)C1)C(=O)O. The number of hydrogen-bond donors (Lipinski definition) is 4. The highest BCUT2D eigenvalue weighted by atomic mass is 16.4. The van der Waals surface area contributed by atoms with E-state index in [0.29, 0.717) is 31.8 Å². The van der Waals surface area contributed by atoms with Gasteiger partial charge in [0.1, 0.15) is 6.04 Å². The molecule has 0 aromatic rings. The molecule has 2 rings (SSSR count). The van der Waals surface area contributed by atoms with Crippen molar-refractivity contribution >= 4 is 23.7 Å². The van der Waals surface area contributed by atoms with Crippen LogP contribution in [-0.4, -0.2) is 72.5 Å². The smallest absolute Gasteiger partial charge is 0.328 e. The molecule has 0 aromatic heterocycles. The Bertz CT molecular complexity index is 577. The molecule has 0 radical (unpaired) electrons. The Morgan fingerprint density at radius 2 is 1.89 bits per heavy atom. The van der Waals surface area contributed by atoms with E-state index in [9.17, 15) is 19.2 Å². The average molecular weight is 396 g/mol. The van der Waals surface area contributed by atoms with Gasteiger partial charge in [-0.15, -0.1) is 0 Å². The standard InChI is InChI=1S/C19H32N4O5/c1-13(24)22-16(19(27)28)11-21-18(26)15-3-2-10-23(12-15)17(25)5-4-14-6-8-20-9-7-14/h14-16,20H,2-12H2,1H3,(H,21,26)(H,22,24)(H,27,28)/t15-,16?/m1/s1. The van der Waals surface area contributed by atoms with Gasteiger partial charge in [-0.2, -0.15) is 0 Å². The van der Waals surface area contributed by atoms with E-state index in [2.05, 4.69) is 16.0 Å². The molecule has 3 amide bonds. The summed E-state index contributed by atoms with van der Waals surface area (Å²) in [7, 11) is 0. The summed E-state index contributed by atoms with van der Waals surface area (Å²) in [5.74, 6) is -1.59. The average Bonchev–Trinajstić information content (AvgIpc) is 2.69. The van der Waals surface area contributed by atoms with E-state index in [1.165, 1.54) is 6.92 Å². The van der Waals surface area contributed by atoms with Gasteiger partial charge in [0, 0.05) is 33.0 Å². The van der Waals surface area contributed by atoms with Crippen LogP contribution in [0, 0.1) is 11.8 Å². The molecule has 9 nitrogen and oxygen atoms in total. The van der Waals surface area contributed by atoms with Crippen LogP contribution in [0.1, 0.15) is 45.4 Å². The number of nitrogens with one attached hydrogen (secondary N) is 3. The maximum atomic E-state index is 12.5. The quantitative estimate of drug-likeness (QED) is 0.446. The highest BCUT2D eigenvalue weighted by molar-refractivity contribution is 5.84. The predicted molar refractivity (Wildman–Crippen MR) is 102 cm³/mol. The largest absolute Gasteiger partial charge is 0.480 e. The Hall–Kier alpha value is -2.16. The summed E-state index contributed by atoms with van der Waals surface area (Å²) in [6, 6.07) is -1.16. The minimum atomic E-state index is -1.20. The fourth-order valence-electron chi connectivity index (χ4n) is 3.87. The van der Waals surface area contributed by atoms with Gasteiger partial charge in [0.25, 0.3) is 0 Å². The number of nitrogens with zero attached hydrogens (tertiary/aromatic N) is 1. The molecule has 4 N–H and O–H groups in total. The molecule has 1 unspecified atom stereocenters. The number of piperidine rings is 2. The lowest BCUT2D eigenvalue weighted by atomic mass is 9.92. The van der Waals surface area contributed by atoms with Gasteiger partial charge in [0.15, 0.2) is 0 Å². The van der Waals surface area contributed by atoms with E-state index < -0.39 is 17.9 Å². The lowest BCUT2D eigenvalue weighted by Crippen LogP contribution is -2.51. The van der Waals surface area contributed by atoms with E-state index in [0.717, 1.165) is 38.8 Å². The second kappa shape index (κ2) is 11.0. The number of aliphatic carboxylic acids is 1. The third-order valence-corrected chi connectivity index (χ3v) is 5.53. The first-order valence-corrected chi connectivity index (χ1v) is 10.1. The zero-order valence-corrected chi connectivity index (χ0v) is 16.5. The molecule has 2 saturated heterocycles. The monoisotopic (exact) mass is 396 g/mol. The molecular formula is C19H32N4O5. The maximum Gasteiger partial charge on any atom is 0.328 e. The lowest BCUT2D eigenvalue weighted by molar-refractivity contribution is -0.141. The van der Waals surface area contributed by atoms with Crippen molar-refractivity contribution in [2.45, 2.75) is 51.5 Å². The summed E-state index contributed by atoms with van der Waals surface area (Å²) in [5.41, 5.74) is 0. The first-order valence-electron chi connectivity index (χ1n) is 10.1. The molecule has 0 bridgehead atoms. The Morgan fingerprint density at radius 1 is 1.18 bits per heavy atom. The van der Waals surface area contributed by atoms with Crippen molar-refractivity contribution in [1.29, 1.82) is 0 Å². The van der Waals surface area contributed by atoms with Crippen molar-refractivity contribution in [3.8, 4) is 0 Å². The van der Waals surface area contributed by atoms with Crippen LogP contribution in [-0.2, 0) is 19.2 Å². The number of carboxylic acids is 1. The summed E-state index contributed by atoms with van der Waals surface area (Å²) in [6.45, 7) is 4.12. The van der Waals surface area contributed by atoms with E-state index in [-0.39, 0.29) is 24.3 Å². The Balaban J connectivity index is 1.77. The number of hydrogen-bond acceptors (Lipinski definition) is 5. The van der Waals surface area contributed by atoms with E-state index in [4.69, 9.17) is 5.11 Å². The third-order valence-electron chi connectivity index (χ3n) is 5.53. The first kappa shape index (κ1) is 22.1. The van der Waals surface area contributed by atoms with Crippen LogP contribution < -0.4 is 16.0 Å². The zero-order valence-electron chi connectivity index (χ0n) is 16.5. The van der Waals surface area contributed by atoms with Gasteiger partial charge in [-0.1, -0.05) is 0 Å². The van der Waals surface area contributed by atoms with Crippen molar-refractivity contribution in [3.05, 3.63) is 0 Å². The summed E-state index contributed by atoms with van der Waals surface area (Å²) in [5, 5.41) is 17.3. The molecule has 0 spiro atoms. The number of rotatable bonds is 8. The van der Waals surface area contributed by atoms with Gasteiger partial charge >= 0.3 is 5.97 Å². The summed E-state index contributed by atoms with van der Waals surface area (Å²) in [6.07, 6.45) is 5.05. The molecule has 9 heteroatoms. The van der Waals surface area contributed by atoms with Crippen molar-refractivity contribution in [2.75, 3.05) is 32.7 Å². The van der Waals surface area contributed by atoms with Crippen molar-refractivity contribution in [2.24, 2.45) is 11.8 Å². The molecule has 158 valence electrons. The van der Waals surface area contributed by atoms with Crippen LogP contribution >= 0.6 is 0 Å². The molecule has 0 aliphatic carbocycles. The molecule has 0 saturated carbocycles. The van der Waals surface area contributed by atoms with Crippen LogP contribution in [0.3, 0.4) is 0 Å². The first-order chi connectivity index (χ1) is 13.4. The molecule has 2 aliphatic heterocycles. The van der Waals surface area contributed by atoms with Crippen molar-refractivity contribution in [3.63, 3.8) is 0 Å². The lowest BCUT2D eigenvalue weighted by Gasteiger charge is -2.33. The highest BCUT2D eigenvalue weighted by Crippen LogP contribution is 2.21. The number of amides is 3. The fourth-order valence-corrected chi connectivity index (χ4v) is 3.87. The Morgan fingerprint density at radius 3 is 2.54 bits per heavy atom. The van der Waals surface area contributed by atoms with E-state index in [1.807, 2.05) is 0 Å². The van der Waals surface area contributed by atoms with Crippen LogP contribution in [0.5, 0.6) is 0 Å². The predicted octanol–water partition coefficient (Wildman–Crippen LogP) is -0.290. The normalized spacial score (nSPS) is 21.6. The Kier molecular flexibility index (Phi) is 8.69. The molecular weight excluding hydrogens is 364 g/mol. The van der Waals surface area contributed by atoms with Gasteiger partial charge in [0.05, 0.1) is 5.92 Å². The molecule has 28 heavy (non-hydrogen) atoms. The molecule has 2 atom stereocenters. The topological polar surface area (TPSA) is 128 Å². The van der Waals surface area contributed by atoms with Crippen LogP contribution in [0.2, 0.25) is 0 Å². The molecule has 2 fully saturated rings. The van der Waals surface area contributed by atoms with Crippen molar-refractivity contribution < 1.29 is 24.3 Å². The molecule has 2 heterocycles. The minimum Gasteiger partial charge on any atom is -0.480 e. The van der Waals surface area contributed by atoms with E-state index >= 15 is 0 Å². The zero-order chi connectivity index (χ0) is 20.5. The van der Waals surface area contributed by atoms with Gasteiger partial charge in [-0.3, -0.25) is 14.4 Å². The summed E-state index contributed by atoms with van der Waals surface area (Å²) < 4.78 is 0. The Labute approximate surface area is 165 Å². The fraction of sp³-hybridized carbons (Fsp3) is 0.789. The van der Waals surface area contributed by atoms with Crippen LogP contribution in [0.25, 0.3) is 0 Å². The van der Waals surface area contributed by atoms with E-state index in [1.54, 1.807) is 4.90 Å². The van der Waals surface area contributed by atoms with Gasteiger partial charge < -0.3 is 26.0 Å². The van der Waals surface area contributed by atoms with Gasteiger partial charge in [-0.25, -0.2) is 4.79 Å². The number of likely N-dealkylation sites (tertiary alicyclic amines) is 1. The number of carbonyl (C=O) groups is 4. The van der Waals surface area contributed by atoms with Gasteiger partial charge in [0.2, 0.25) is 17.7 Å². The molecule has 0 aromatic carbocycles. The van der Waals surface area contributed by atoms with Crippen LogP contribution in [0.15, 0.2) is 0 Å². The highest BCUT2D eigenvalue weighted by Gasteiger charge is 2.29. The summed E-state index contributed by atoms with van der Waals surface area (Å²) >= 11 is 0. The number of carboxylic acid groups (broad SMARTS) is 1. The third kappa shape index (κ3) is 7.10. The molecule has 2 aliphatic rings. The number of carbonyl (C=O) groups excluding carboxylic acids is 3. The van der Waals surface area contributed by atoms with Crippen LogP contribution in [0.4, 0.5) is 0 Å². The van der Waals surface area contributed by atoms with Crippen molar-refractivity contribution in [1.82, 2.24) is 20.9 Å². The van der Waals surface area contributed by atoms with Gasteiger partial charge in [-0.05, 0) is 51.1 Å². The second-order valence-corrected chi connectivity index (χ2v) is 7.75. The maximum absolute atomic E-state index is 12.5. The second-order valence-electron chi connectivity index (χ2n) is 7.75. The minimum absolute atomic E-state index is 0.0951. The summed E-state index contributed by atoms with van der Waals surface area (Å²) in [4.78, 5) is 48.9.